The van der Waals surface area contributed by atoms with Crippen molar-refractivity contribution in [1.29, 1.82) is 0 Å². The Bertz CT molecular complexity index is 1520. The van der Waals surface area contributed by atoms with Crippen molar-refractivity contribution < 1.29 is 0 Å². The third-order valence-corrected chi connectivity index (χ3v) is 8.55. The number of anilines is 2. The summed E-state index contributed by atoms with van der Waals surface area (Å²) in [6, 6.07) is 21.1. The Balaban J connectivity index is 1.06. The van der Waals surface area contributed by atoms with Gasteiger partial charge in [-0.3, -0.25) is 9.47 Å². The fourth-order valence-corrected chi connectivity index (χ4v) is 6.08. The smallest absolute Gasteiger partial charge is 0.170 e. The molecule has 0 aliphatic carbocycles. The second-order valence-electron chi connectivity index (χ2n) is 10.2. The summed E-state index contributed by atoms with van der Waals surface area (Å²) in [5, 5.41) is 5.63. The van der Waals surface area contributed by atoms with Gasteiger partial charge in [-0.2, -0.15) is 0 Å². The maximum Gasteiger partial charge on any atom is 0.170 e. The number of aromatic nitrogens is 4. The van der Waals surface area contributed by atoms with Gasteiger partial charge in [0.2, 0.25) is 0 Å². The molecule has 2 aromatic carbocycles. The van der Waals surface area contributed by atoms with Crippen LogP contribution in [0.4, 0.5) is 11.5 Å². The first-order chi connectivity index (χ1) is 19.2. The predicted molar refractivity (Wildman–Crippen MR) is 162 cm³/mol. The lowest BCUT2D eigenvalue weighted by molar-refractivity contribution is 0.253. The Labute approximate surface area is 234 Å². The van der Waals surface area contributed by atoms with Gasteiger partial charge in [0.15, 0.2) is 22.8 Å². The Kier molecular flexibility index (Phi) is 7.56. The van der Waals surface area contributed by atoms with Gasteiger partial charge in [-0.15, -0.1) is 11.3 Å². The molecule has 1 N–H and O–H groups in total. The second kappa shape index (κ2) is 11.6. The van der Waals surface area contributed by atoms with E-state index >= 15 is 0 Å². The first-order valence-electron chi connectivity index (χ1n) is 13.8. The zero-order chi connectivity index (χ0) is 26.6. The van der Waals surface area contributed by atoms with Crippen LogP contribution in [0.5, 0.6) is 0 Å². The molecular weight excluding hydrogens is 502 g/mol. The molecule has 3 aromatic heterocycles. The molecule has 200 valence electrons. The van der Waals surface area contributed by atoms with Crippen molar-refractivity contribution in [3.63, 3.8) is 0 Å². The molecule has 0 amide bonds. The number of thiophene rings is 1. The Morgan fingerprint density at radius 2 is 1.72 bits per heavy atom. The summed E-state index contributed by atoms with van der Waals surface area (Å²) in [4.78, 5) is 20.5. The standard InChI is InChI=1S/C31H35N7S/c1-23-10-8-13-26(24(23)2)37-19-17-36(18-20-37)16-7-6-15-32-29-28-31(34-22-33-29)38(25-11-4-3-5-12-25)30(35-28)27-14-9-21-39-27/h3-5,8-14,21-22H,6-7,15-20H2,1-2H3,(H,32,33,34). The third-order valence-electron chi connectivity index (χ3n) is 7.68. The largest absolute Gasteiger partial charge is 0.369 e. The summed E-state index contributed by atoms with van der Waals surface area (Å²) in [5.74, 6) is 1.70. The molecule has 1 aliphatic heterocycles. The van der Waals surface area contributed by atoms with E-state index in [9.17, 15) is 0 Å². The molecule has 1 saturated heterocycles. The molecule has 0 spiro atoms. The third kappa shape index (κ3) is 5.40. The summed E-state index contributed by atoms with van der Waals surface area (Å²) in [7, 11) is 0. The molecule has 7 nitrogen and oxygen atoms in total. The van der Waals surface area contributed by atoms with E-state index in [1.807, 2.05) is 18.2 Å². The number of nitrogens with one attached hydrogen (secondary N) is 1. The average Bonchev–Trinajstić information content (AvgIpc) is 3.64. The molecule has 1 aliphatic rings. The van der Waals surface area contributed by atoms with Gasteiger partial charge in [0.25, 0.3) is 0 Å². The fraction of sp³-hybridized carbons (Fsp3) is 0.323. The number of para-hydroxylation sites is 1. The number of imidazole rings is 1. The lowest BCUT2D eigenvalue weighted by atomic mass is 10.1. The minimum absolute atomic E-state index is 0.801. The quantitative estimate of drug-likeness (QED) is 0.227. The second-order valence-corrected chi connectivity index (χ2v) is 11.1. The minimum atomic E-state index is 0.801. The number of hydrogen-bond donors (Lipinski definition) is 1. The fourth-order valence-electron chi connectivity index (χ4n) is 5.37. The van der Waals surface area contributed by atoms with Gasteiger partial charge in [0, 0.05) is 44.1 Å². The highest BCUT2D eigenvalue weighted by molar-refractivity contribution is 7.13. The van der Waals surface area contributed by atoms with Crippen LogP contribution in [0.3, 0.4) is 0 Å². The Hall–Kier alpha value is -3.75. The van der Waals surface area contributed by atoms with Gasteiger partial charge in [0.1, 0.15) is 6.33 Å². The zero-order valence-corrected chi connectivity index (χ0v) is 23.5. The molecule has 5 aromatic rings. The van der Waals surface area contributed by atoms with Crippen molar-refractivity contribution >= 4 is 34.0 Å². The van der Waals surface area contributed by atoms with Crippen molar-refractivity contribution in [2.45, 2.75) is 26.7 Å². The Morgan fingerprint density at radius 1 is 0.872 bits per heavy atom. The summed E-state index contributed by atoms with van der Waals surface area (Å²) in [6.07, 6.45) is 3.88. The normalized spacial score (nSPS) is 14.3. The van der Waals surface area contributed by atoms with Crippen molar-refractivity contribution in [3.05, 3.63) is 83.5 Å². The number of rotatable bonds is 9. The maximum absolute atomic E-state index is 5.02. The number of unbranched alkanes of at least 4 members (excludes halogenated alkanes) is 1. The van der Waals surface area contributed by atoms with E-state index in [2.05, 4.69) is 91.3 Å². The molecule has 0 radical (unpaired) electrons. The van der Waals surface area contributed by atoms with E-state index in [-0.39, 0.29) is 0 Å². The van der Waals surface area contributed by atoms with Gasteiger partial charge in [0.05, 0.1) is 4.88 Å². The lowest BCUT2D eigenvalue weighted by Crippen LogP contribution is -2.46. The van der Waals surface area contributed by atoms with Crippen molar-refractivity contribution in [2.24, 2.45) is 0 Å². The van der Waals surface area contributed by atoms with E-state index in [4.69, 9.17) is 4.98 Å². The maximum atomic E-state index is 5.02. The average molecular weight is 538 g/mol. The lowest BCUT2D eigenvalue weighted by Gasteiger charge is -2.37. The van der Waals surface area contributed by atoms with Crippen LogP contribution in [-0.4, -0.2) is 63.7 Å². The SMILES string of the molecule is Cc1cccc(N2CCN(CCCCNc3ncnc4c3nc(-c3cccs3)n4-c3ccccc3)CC2)c1C. The van der Waals surface area contributed by atoms with E-state index in [1.165, 1.54) is 16.8 Å². The van der Waals surface area contributed by atoms with Crippen molar-refractivity contribution in [3.8, 4) is 16.4 Å². The minimum Gasteiger partial charge on any atom is -0.369 e. The molecular formula is C31H35N7S. The number of hydrogen-bond acceptors (Lipinski definition) is 7. The number of fused-ring (bicyclic) bond motifs is 1. The zero-order valence-electron chi connectivity index (χ0n) is 22.7. The predicted octanol–water partition coefficient (Wildman–Crippen LogP) is 6.18. The van der Waals surface area contributed by atoms with Gasteiger partial charge in [-0.1, -0.05) is 36.4 Å². The number of nitrogens with zero attached hydrogens (tertiary/aromatic N) is 6. The monoisotopic (exact) mass is 537 g/mol. The van der Waals surface area contributed by atoms with Crippen LogP contribution in [0.1, 0.15) is 24.0 Å². The molecule has 0 bridgehead atoms. The van der Waals surface area contributed by atoms with Crippen molar-refractivity contribution in [2.75, 3.05) is 49.5 Å². The van der Waals surface area contributed by atoms with Crippen LogP contribution in [0, 0.1) is 13.8 Å². The molecule has 0 unspecified atom stereocenters. The van der Waals surface area contributed by atoms with E-state index < -0.39 is 0 Å². The molecule has 1 fully saturated rings. The molecule has 0 atom stereocenters. The van der Waals surface area contributed by atoms with E-state index in [0.717, 1.165) is 85.5 Å². The van der Waals surface area contributed by atoms with Crippen LogP contribution in [0.2, 0.25) is 0 Å². The van der Waals surface area contributed by atoms with Gasteiger partial charge in [-0.25, -0.2) is 15.0 Å². The number of piperazine rings is 1. The van der Waals surface area contributed by atoms with Crippen LogP contribution < -0.4 is 10.2 Å². The molecule has 39 heavy (non-hydrogen) atoms. The Morgan fingerprint density at radius 3 is 2.51 bits per heavy atom. The summed E-state index contributed by atoms with van der Waals surface area (Å²) in [5.41, 5.74) is 6.86. The summed E-state index contributed by atoms with van der Waals surface area (Å²) < 4.78 is 2.13. The highest BCUT2D eigenvalue weighted by atomic mass is 32.1. The van der Waals surface area contributed by atoms with Crippen LogP contribution in [0.15, 0.2) is 72.4 Å². The van der Waals surface area contributed by atoms with Gasteiger partial charge >= 0.3 is 0 Å². The number of benzene rings is 2. The highest BCUT2D eigenvalue weighted by Gasteiger charge is 2.20. The first-order valence-corrected chi connectivity index (χ1v) is 14.7. The van der Waals surface area contributed by atoms with Gasteiger partial charge < -0.3 is 10.2 Å². The highest BCUT2D eigenvalue weighted by Crippen LogP contribution is 2.32. The molecule has 0 saturated carbocycles. The molecule has 8 heteroatoms. The van der Waals surface area contributed by atoms with Crippen molar-refractivity contribution in [1.82, 2.24) is 24.4 Å². The van der Waals surface area contributed by atoms with E-state index in [1.54, 1.807) is 17.7 Å². The summed E-state index contributed by atoms with van der Waals surface area (Å²) >= 11 is 1.68. The topological polar surface area (TPSA) is 62.1 Å². The van der Waals surface area contributed by atoms with Crippen LogP contribution >= 0.6 is 11.3 Å². The molecule has 6 rings (SSSR count). The summed E-state index contributed by atoms with van der Waals surface area (Å²) in [6.45, 7) is 10.9. The first kappa shape index (κ1) is 25.5. The van der Waals surface area contributed by atoms with Crippen LogP contribution in [0.25, 0.3) is 27.6 Å². The number of aryl methyl sites for hydroxylation is 1. The molecule has 4 heterocycles. The van der Waals surface area contributed by atoms with Crippen LogP contribution in [-0.2, 0) is 0 Å². The van der Waals surface area contributed by atoms with E-state index in [0.29, 0.717) is 0 Å². The van der Waals surface area contributed by atoms with Gasteiger partial charge in [-0.05, 0) is 74.0 Å².